The van der Waals surface area contributed by atoms with Crippen LogP contribution in [0.1, 0.15) is 31.2 Å². The highest BCUT2D eigenvalue weighted by atomic mass is 32.2. The third-order valence-corrected chi connectivity index (χ3v) is 6.85. The van der Waals surface area contributed by atoms with Crippen LogP contribution in [0.4, 0.5) is 0 Å². The number of rotatable bonds is 7. The molecule has 3 N–H and O–H groups in total. The summed E-state index contributed by atoms with van der Waals surface area (Å²) in [6, 6.07) is 15.2. The molecule has 0 aliphatic heterocycles. The van der Waals surface area contributed by atoms with Gasteiger partial charge in [0.1, 0.15) is 5.75 Å². The molecule has 3 rings (SSSR count). The summed E-state index contributed by atoms with van der Waals surface area (Å²) in [5.41, 5.74) is 8.75. The zero-order valence-corrected chi connectivity index (χ0v) is 17.8. The normalized spacial score (nSPS) is 22.0. The van der Waals surface area contributed by atoms with Gasteiger partial charge in [0.25, 0.3) is 0 Å². The number of hydrogen-bond acceptors (Lipinski definition) is 4. The molecule has 1 amide bonds. The predicted octanol–water partition coefficient (Wildman–Crippen LogP) is 4.26. The number of thioether (sulfide) groups is 1. The van der Waals surface area contributed by atoms with E-state index in [9.17, 15) is 4.79 Å². The molecule has 2 aromatic carbocycles. The molecule has 0 heterocycles. The van der Waals surface area contributed by atoms with Crippen LogP contribution in [0.5, 0.6) is 5.75 Å². The largest absolute Gasteiger partial charge is 0.496 e. The molecule has 1 aliphatic rings. The van der Waals surface area contributed by atoms with E-state index in [0.717, 1.165) is 48.1 Å². The topological polar surface area (TPSA) is 64.3 Å². The first-order chi connectivity index (χ1) is 13.5. The number of carbonyl (C=O) groups is 1. The first-order valence-corrected chi connectivity index (χ1v) is 11.0. The van der Waals surface area contributed by atoms with Gasteiger partial charge in [0.05, 0.1) is 12.5 Å². The van der Waals surface area contributed by atoms with Crippen molar-refractivity contribution in [3.05, 3.63) is 48.0 Å². The number of ether oxygens (including phenoxy) is 1. The van der Waals surface area contributed by atoms with E-state index in [0.29, 0.717) is 12.5 Å². The third kappa shape index (κ3) is 4.36. The lowest BCUT2D eigenvalue weighted by atomic mass is 9.68. The number of carbonyl (C=O) groups excluding carboxylic acids is 1. The van der Waals surface area contributed by atoms with Crippen LogP contribution in [0.25, 0.3) is 11.1 Å². The van der Waals surface area contributed by atoms with E-state index < -0.39 is 5.41 Å². The van der Waals surface area contributed by atoms with E-state index >= 15 is 0 Å². The maximum Gasteiger partial charge on any atom is 0.223 e. The molecule has 5 heteroatoms. The van der Waals surface area contributed by atoms with Crippen molar-refractivity contribution in [2.24, 2.45) is 11.1 Å². The van der Waals surface area contributed by atoms with E-state index in [2.05, 4.69) is 48.0 Å². The van der Waals surface area contributed by atoms with Crippen molar-refractivity contribution in [2.45, 2.75) is 43.0 Å². The molecule has 2 aromatic rings. The van der Waals surface area contributed by atoms with Crippen molar-refractivity contribution >= 4 is 17.7 Å². The Kier molecular flexibility index (Phi) is 6.68. The van der Waals surface area contributed by atoms with Gasteiger partial charge in [0.2, 0.25) is 5.91 Å². The Balaban J connectivity index is 1.91. The Morgan fingerprint density at radius 1 is 1.18 bits per heavy atom. The Labute approximate surface area is 172 Å². The van der Waals surface area contributed by atoms with E-state index in [1.807, 2.05) is 13.1 Å². The Hall–Kier alpha value is -1.98. The van der Waals surface area contributed by atoms with Crippen LogP contribution >= 0.6 is 11.8 Å². The number of hydrogen-bond donors (Lipinski definition) is 2. The first-order valence-electron chi connectivity index (χ1n) is 9.80. The van der Waals surface area contributed by atoms with Crippen molar-refractivity contribution in [2.75, 3.05) is 20.4 Å². The zero-order valence-electron chi connectivity index (χ0n) is 17.0. The zero-order chi connectivity index (χ0) is 20.1. The Morgan fingerprint density at radius 2 is 1.82 bits per heavy atom. The van der Waals surface area contributed by atoms with Crippen LogP contribution < -0.4 is 15.8 Å². The van der Waals surface area contributed by atoms with Gasteiger partial charge in [0, 0.05) is 10.9 Å². The SMILES string of the molecule is CNC1CCC(Cc2cc(-c3ccc(SC)cc3)ccc2OC)(C(N)=O)CC1. The number of amides is 1. The number of methoxy groups -OCH3 is 1. The van der Waals surface area contributed by atoms with Crippen molar-refractivity contribution in [3.8, 4) is 16.9 Å². The average molecular weight is 399 g/mol. The second-order valence-electron chi connectivity index (χ2n) is 7.64. The summed E-state index contributed by atoms with van der Waals surface area (Å²) in [5.74, 6) is 0.625. The molecule has 1 fully saturated rings. The van der Waals surface area contributed by atoms with Crippen molar-refractivity contribution in [3.63, 3.8) is 0 Å². The van der Waals surface area contributed by atoms with Crippen LogP contribution in [-0.4, -0.2) is 32.4 Å². The maximum atomic E-state index is 12.5. The highest BCUT2D eigenvalue weighted by molar-refractivity contribution is 7.98. The highest BCUT2D eigenvalue weighted by Gasteiger charge is 2.40. The summed E-state index contributed by atoms with van der Waals surface area (Å²) in [5, 5.41) is 3.33. The van der Waals surface area contributed by atoms with E-state index in [1.54, 1.807) is 18.9 Å². The summed E-state index contributed by atoms with van der Waals surface area (Å²) < 4.78 is 5.61. The van der Waals surface area contributed by atoms with Crippen molar-refractivity contribution in [1.82, 2.24) is 5.32 Å². The molecule has 1 saturated carbocycles. The smallest absolute Gasteiger partial charge is 0.223 e. The van der Waals surface area contributed by atoms with Crippen LogP contribution in [-0.2, 0) is 11.2 Å². The van der Waals surface area contributed by atoms with Crippen LogP contribution in [0, 0.1) is 5.41 Å². The van der Waals surface area contributed by atoms with Crippen molar-refractivity contribution < 1.29 is 9.53 Å². The molecule has 28 heavy (non-hydrogen) atoms. The lowest BCUT2D eigenvalue weighted by Gasteiger charge is -2.38. The highest BCUT2D eigenvalue weighted by Crippen LogP contribution is 2.41. The Bertz CT molecular complexity index is 812. The third-order valence-electron chi connectivity index (χ3n) is 6.11. The summed E-state index contributed by atoms with van der Waals surface area (Å²) in [6.45, 7) is 0. The summed E-state index contributed by atoms with van der Waals surface area (Å²) in [7, 11) is 3.66. The van der Waals surface area contributed by atoms with Gasteiger partial charge < -0.3 is 15.8 Å². The standard InChI is InChI=1S/C23H30N2O2S/c1-25-19-10-12-23(13-11-19,22(24)26)15-18-14-17(6-9-21(18)27-2)16-4-7-20(28-3)8-5-16/h4-9,14,19,25H,10-13,15H2,1-3H3,(H2,24,26). The Morgan fingerprint density at radius 3 is 2.36 bits per heavy atom. The van der Waals surface area contributed by atoms with Crippen LogP contribution in [0.15, 0.2) is 47.4 Å². The van der Waals surface area contributed by atoms with Gasteiger partial charge in [-0.1, -0.05) is 18.2 Å². The van der Waals surface area contributed by atoms with Gasteiger partial charge in [-0.05, 0) is 86.4 Å². The van der Waals surface area contributed by atoms with E-state index in [-0.39, 0.29) is 5.91 Å². The molecule has 0 unspecified atom stereocenters. The molecule has 150 valence electrons. The van der Waals surface area contributed by atoms with Gasteiger partial charge in [-0.3, -0.25) is 4.79 Å². The average Bonchev–Trinajstić information content (AvgIpc) is 2.74. The fourth-order valence-electron chi connectivity index (χ4n) is 4.21. The second-order valence-corrected chi connectivity index (χ2v) is 8.52. The fourth-order valence-corrected chi connectivity index (χ4v) is 4.62. The molecular formula is C23H30N2O2S. The number of primary amides is 1. The van der Waals surface area contributed by atoms with Crippen LogP contribution in [0.3, 0.4) is 0 Å². The molecular weight excluding hydrogens is 368 g/mol. The van der Waals surface area contributed by atoms with Crippen LogP contribution in [0.2, 0.25) is 0 Å². The number of benzene rings is 2. The number of nitrogens with one attached hydrogen (secondary N) is 1. The molecule has 4 nitrogen and oxygen atoms in total. The van der Waals surface area contributed by atoms with Gasteiger partial charge in [0.15, 0.2) is 0 Å². The molecule has 0 saturated heterocycles. The van der Waals surface area contributed by atoms with E-state index in [4.69, 9.17) is 10.5 Å². The minimum atomic E-state index is -0.498. The summed E-state index contributed by atoms with van der Waals surface area (Å²) >= 11 is 1.73. The monoisotopic (exact) mass is 398 g/mol. The molecule has 0 radical (unpaired) electrons. The minimum Gasteiger partial charge on any atom is -0.496 e. The molecule has 0 spiro atoms. The molecule has 0 aromatic heterocycles. The van der Waals surface area contributed by atoms with Crippen molar-refractivity contribution in [1.29, 1.82) is 0 Å². The first kappa shape index (κ1) is 20.7. The van der Waals surface area contributed by atoms with E-state index in [1.165, 1.54) is 4.90 Å². The lowest BCUT2D eigenvalue weighted by Crippen LogP contribution is -2.45. The quantitative estimate of drug-likeness (QED) is 0.684. The second kappa shape index (κ2) is 9.01. The van der Waals surface area contributed by atoms with Gasteiger partial charge >= 0.3 is 0 Å². The lowest BCUT2D eigenvalue weighted by molar-refractivity contribution is -0.129. The van der Waals surface area contributed by atoms with Gasteiger partial charge in [-0.25, -0.2) is 0 Å². The minimum absolute atomic E-state index is 0.196. The summed E-state index contributed by atoms with van der Waals surface area (Å²) in [6.07, 6.45) is 6.26. The fraction of sp³-hybridized carbons (Fsp3) is 0.435. The molecule has 0 atom stereocenters. The molecule has 0 bridgehead atoms. The maximum absolute atomic E-state index is 12.5. The number of nitrogens with two attached hydrogens (primary N) is 1. The summed E-state index contributed by atoms with van der Waals surface area (Å²) in [4.78, 5) is 13.7. The van der Waals surface area contributed by atoms with Gasteiger partial charge in [-0.15, -0.1) is 11.8 Å². The van der Waals surface area contributed by atoms with Gasteiger partial charge in [-0.2, -0.15) is 0 Å². The predicted molar refractivity (Wildman–Crippen MR) is 117 cm³/mol. The molecule has 1 aliphatic carbocycles.